The van der Waals surface area contributed by atoms with Crippen molar-refractivity contribution in [3.05, 3.63) is 70.9 Å². The van der Waals surface area contributed by atoms with Crippen molar-refractivity contribution in [1.29, 1.82) is 0 Å². The van der Waals surface area contributed by atoms with E-state index in [9.17, 15) is 0 Å². The summed E-state index contributed by atoms with van der Waals surface area (Å²) in [5.41, 5.74) is 7.10. The number of H-pyrrole nitrogens is 1. The van der Waals surface area contributed by atoms with Gasteiger partial charge in [0.1, 0.15) is 0 Å². The number of fused-ring (bicyclic) bond motifs is 4. The third-order valence-corrected chi connectivity index (χ3v) is 5.37. The van der Waals surface area contributed by atoms with Crippen LogP contribution in [-0.4, -0.2) is 29.5 Å². The monoisotopic (exact) mass is 304 g/mol. The van der Waals surface area contributed by atoms with Crippen molar-refractivity contribution in [2.45, 2.75) is 32.2 Å². The van der Waals surface area contributed by atoms with Crippen LogP contribution in [0.5, 0.6) is 0 Å². The quantitative estimate of drug-likeness (QED) is 0.660. The van der Waals surface area contributed by atoms with Gasteiger partial charge in [-0.05, 0) is 49.6 Å². The van der Waals surface area contributed by atoms with Gasteiger partial charge in [-0.2, -0.15) is 0 Å². The zero-order valence-corrected chi connectivity index (χ0v) is 14.0. The van der Waals surface area contributed by atoms with Crippen LogP contribution in [0.25, 0.3) is 10.9 Å². The molecule has 1 aromatic heterocycles. The molecule has 2 heteroatoms. The zero-order chi connectivity index (χ0) is 15.8. The average Bonchev–Trinajstić information content (AvgIpc) is 2.91. The first-order chi connectivity index (χ1) is 11.2. The molecule has 2 heterocycles. The number of para-hydroxylation sites is 1. The van der Waals surface area contributed by atoms with E-state index in [4.69, 9.17) is 0 Å². The fraction of sp³-hybridized carbons (Fsp3) is 0.333. The van der Waals surface area contributed by atoms with Crippen LogP contribution in [0, 0.1) is 0 Å². The normalized spacial score (nSPS) is 19.3. The number of aromatic nitrogens is 1. The number of nitrogens with zero attached hydrogens (tertiary/aromatic N) is 1. The number of hydrogen-bond donors (Lipinski definition) is 1. The summed E-state index contributed by atoms with van der Waals surface area (Å²) in [4.78, 5) is 6.18. The van der Waals surface area contributed by atoms with Crippen molar-refractivity contribution in [3.63, 3.8) is 0 Å². The van der Waals surface area contributed by atoms with Gasteiger partial charge >= 0.3 is 0 Å². The van der Waals surface area contributed by atoms with E-state index >= 15 is 0 Å². The van der Waals surface area contributed by atoms with Gasteiger partial charge in [0.2, 0.25) is 0 Å². The van der Waals surface area contributed by atoms with Gasteiger partial charge in [0, 0.05) is 35.6 Å². The Bertz CT molecular complexity index is 831. The molecule has 0 radical (unpaired) electrons. The Morgan fingerprint density at radius 1 is 1.00 bits per heavy atom. The molecule has 1 N–H and O–H groups in total. The van der Waals surface area contributed by atoms with Crippen LogP contribution < -0.4 is 0 Å². The van der Waals surface area contributed by atoms with Crippen molar-refractivity contribution < 1.29 is 0 Å². The van der Waals surface area contributed by atoms with Gasteiger partial charge in [-0.25, -0.2) is 0 Å². The molecule has 0 saturated heterocycles. The predicted octanol–water partition coefficient (Wildman–Crippen LogP) is 4.18. The van der Waals surface area contributed by atoms with E-state index in [2.05, 4.69) is 72.4 Å². The van der Waals surface area contributed by atoms with Crippen LogP contribution >= 0.6 is 0 Å². The molecule has 4 rings (SSSR count). The smallest absolute Gasteiger partial charge is 0.0459 e. The van der Waals surface area contributed by atoms with Gasteiger partial charge < -0.3 is 9.88 Å². The maximum absolute atomic E-state index is 3.69. The summed E-state index contributed by atoms with van der Waals surface area (Å²) >= 11 is 0. The molecule has 0 unspecified atom stereocenters. The molecular weight excluding hydrogens is 280 g/mol. The summed E-state index contributed by atoms with van der Waals surface area (Å²) in [5.74, 6) is 0. The second kappa shape index (κ2) is 5.86. The number of hydrogen-bond acceptors (Lipinski definition) is 1. The number of nitrogens with one attached hydrogen (secondary N) is 1. The largest absolute Gasteiger partial charge is 0.358 e. The summed E-state index contributed by atoms with van der Waals surface area (Å²) in [6.45, 7) is 3.47. The van der Waals surface area contributed by atoms with Crippen molar-refractivity contribution in [1.82, 2.24) is 9.88 Å². The maximum Gasteiger partial charge on any atom is 0.0459 e. The molecule has 118 valence electrons. The minimum atomic E-state index is 0.554. The van der Waals surface area contributed by atoms with E-state index < -0.39 is 0 Å². The van der Waals surface area contributed by atoms with Gasteiger partial charge in [-0.1, -0.05) is 42.5 Å². The van der Waals surface area contributed by atoms with E-state index in [0.717, 1.165) is 25.8 Å². The SMILES string of the molecule is C[C@H]1Cc2c([nH]c3ccccc23)Cc2ccccc2CCN1C. The number of rotatable bonds is 0. The third-order valence-electron chi connectivity index (χ3n) is 5.37. The molecule has 1 aliphatic heterocycles. The lowest BCUT2D eigenvalue weighted by Gasteiger charge is -2.27. The minimum Gasteiger partial charge on any atom is -0.358 e. The first-order valence-electron chi connectivity index (χ1n) is 8.58. The molecule has 1 aliphatic rings. The van der Waals surface area contributed by atoms with E-state index in [1.807, 2.05) is 0 Å². The van der Waals surface area contributed by atoms with Crippen LogP contribution in [0.3, 0.4) is 0 Å². The van der Waals surface area contributed by atoms with E-state index in [0.29, 0.717) is 6.04 Å². The number of likely N-dealkylation sites (N-methyl/N-ethyl adjacent to an activating group) is 1. The minimum absolute atomic E-state index is 0.554. The Labute approximate surface area is 138 Å². The lowest BCUT2D eigenvalue weighted by molar-refractivity contribution is 0.259. The molecule has 0 fully saturated rings. The first-order valence-corrected chi connectivity index (χ1v) is 8.58. The molecule has 0 saturated carbocycles. The second-order valence-corrected chi connectivity index (χ2v) is 6.86. The van der Waals surface area contributed by atoms with Crippen molar-refractivity contribution in [3.8, 4) is 0 Å². The average molecular weight is 304 g/mol. The molecule has 3 aromatic rings. The highest BCUT2D eigenvalue weighted by Crippen LogP contribution is 2.28. The van der Waals surface area contributed by atoms with E-state index in [1.165, 1.54) is 33.3 Å². The standard InChI is InChI=1S/C21H24N2/c1-15-13-19-18-9-5-6-10-20(18)22-21(19)14-17-8-4-3-7-16(17)11-12-23(15)2/h3-10,15,22H,11-14H2,1-2H3/t15-/m0/s1. The Morgan fingerprint density at radius 2 is 1.74 bits per heavy atom. The van der Waals surface area contributed by atoms with Crippen molar-refractivity contribution in [2.75, 3.05) is 13.6 Å². The van der Waals surface area contributed by atoms with Crippen molar-refractivity contribution in [2.24, 2.45) is 0 Å². The summed E-state index contributed by atoms with van der Waals surface area (Å²) in [7, 11) is 2.25. The topological polar surface area (TPSA) is 19.0 Å². The predicted molar refractivity (Wildman–Crippen MR) is 97.0 cm³/mol. The molecular formula is C21H24N2. The summed E-state index contributed by atoms with van der Waals surface area (Å²) in [6.07, 6.45) is 3.25. The van der Waals surface area contributed by atoms with Crippen molar-refractivity contribution >= 4 is 10.9 Å². The number of benzene rings is 2. The van der Waals surface area contributed by atoms with Crippen LogP contribution in [0.15, 0.2) is 48.5 Å². The molecule has 0 aliphatic carbocycles. The fourth-order valence-corrected chi connectivity index (χ4v) is 3.77. The van der Waals surface area contributed by atoms with Crippen LogP contribution in [0.1, 0.15) is 29.3 Å². The number of aromatic amines is 1. The van der Waals surface area contributed by atoms with Crippen LogP contribution in [0.2, 0.25) is 0 Å². The Morgan fingerprint density at radius 3 is 2.61 bits per heavy atom. The summed E-state index contributed by atoms with van der Waals surface area (Å²) in [5, 5.41) is 1.39. The van der Waals surface area contributed by atoms with Crippen LogP contribution in [-0.2, 0) is 19.3 Å². The molecule has 2 aromatic carbocycles. The molecule has 0 spiro atoms. The Hall–Kier alpha value is -2.06. The Balaban J connectivity index is 1.88. The molecule has 0 amide bonds. The first kappa shape index (κ1) is 14.5. The highest BCUT2D eigenvalue weighted by Gasteiger charge is 2.19. The van der Waals surface area contributed by atoms with Gasteiger partial charge in [-0.15, -0.1) is 0 Å². The third kappa shape index (κ3) is 2.68. The lowest BCUT2D eigenvalue weighted by Crippen LogP contribution is -2.33. The van der Waals surface area contributed by atoms with E-state index in [-0.39, 0.29) is 0 Å². The second-order valence-electron chi connectivity index (χ2n) is 6.86. The molecule has 0 bridgehead atoms. The van der Waals surface area contributed by atoms with Gasteiger partial charge in [-0.3, -0.25) is 0 Å². The highest BCUT2D eigenvalue weighted by molar-refractivity contribution is 5.84. The molecule has 1 atom stereocenters. The maximum atomic E-state index is 3.69. The van der Waals surface area contributed by atoms with Crippen LogP contribution in [0.4, 0.5) is 0 Å². The van der Waals surface area contributed by atoms with Gasteiger partial charge in [0.15, 0.2) is 0 Å². The molecule has 23 heavy (non-hydrogen) atoms. The summed E-state index contributed by atoms with van der Waals surface area (Å²) in [6, 6.07) is 18.2. The molecule has 2 nitrogen and oxygen atoms in total. The van der Waals surface area contributed by atoms with Gasteiger partial charge in [0.05, 0.1) is 0 Å². The summed E-state index contributed by atoms with van der Waals surface area (Å²) < 4.78 is 0. The Kier molecular flexibility index (Phi) is 3.70. The fourth-order valence-electron chi connectivity index (χ4n) is 3.77. The highest BCUT2D eigenvalue weighted by atomic mass is 15.1. The lowest BCUT2D eigenvalue weighted by atomic mass is 9.94. The van der Waals surface area contributed by atoms with Gasteiger partial charge in [0.25, 0.3) is 0 Å². The zero-order valence-electron chi connectivity index (χ0n) is 14.0. The van der Waals surface area contributed by atoms with E-state index in [1.54, 1.807) is 0 Å².